The summed E-state index contributed by atoms with van der Waals surface area (Å²) in [7, 11) is -4.03. The van der Waals surface area contributed by atoms with Gasteiger partial charge in [0.05, 0.1) is 4.90 Å². The molecule has 6 heteroatoms. The van der Waals surface area contributed by atoms with Gasteiger partial charge in [0.2, 0.25) is 15.6 Å². The van der Waals surface area contributed by atoms with E-state index in [9.17, 15) is 13.2 Å². The molecule has 0 spiro atoms. The zero-order chi connectivity index (χ0) is 19.4. The molecule has 0 saturated heterocycles. The smallest absolute Gasteiger partial charge is 0.210 e. The van der Waals surface area contributed by atoms with E-state index in [0.29, 0.717) is 16.1 Å². The van der Waals surface area contributed by atoms with Crippen molar-refractivity contribution >= 4 is 49.2 Å². The summed E-state index contributed by atoms with van der Waals surface area (Å²) in [6, 6.07) is 21.1. The molecule has 0 heterocycles. The molecule has 0 N–H and O–H groups in total. The van der Waals surface area contributed by atoms with Gasteiger partial charge in [-0.15, -0.1) is 0 Å². The van der Waals surface area contributed by atoms with Crippen molar-refractivity contribution in [1.29, 1.82) is 0 Å². The monoisotopic (exact) mass is 460 g/mol. The first-order valence-electron chi connectivity index (χ1n) is 7.95. The number of Topliss-reactive ketones (excluding diaryl/α,β-unsaturated/α-hetero) is 1. The van der Waals surface area contributed by atoms with Gasteiger partial charge in [0.15, 0.2) is 0 Å². The number of sulfone groups is 1. The number of ketones is 1. The fourth-order valence-electron chi connectivity index (χ4n) is 2.45. The highest BCUT2D eigenvalue weighted by Gasteiger charge is 2.28. The average molecular weight is 462 g/mol. The highest BCUT2D eigenvalue weighted by atomic mass is 79.9. The van der Waals surface area contributed by atoms with Crippen LogP contribution in [0.2, 0.25) is 5.02 Å². The van der Waals surface area contributed by atoms with Crippen LogP contribution < -0.4 is 0 Å². The summed E-state index contributed by atoms with van der Waals surface area (Å²) >= 11 is 9.21. The number of allylic oxidation sites excluding steroid dienone is 1. The van der Waals surface area contributed by atoms with Crippen molar-refractivity contribution in [1.82, 2.24) is 0 Å². The van der Waals surface area contributed by atoms with Crippen molar-refractivity contribution in [2.45, 2.75) is 4.90 Å². The van der Waals surface area contributed by atoms with Gasteiger partial charge < -0.3 is 0 Å². The van der Waals surface area contributed by atoms with Gasteiger partial charge in [0, 0.05) is 15.1 Å². The summed E-state index contributed by atoms with van der Waals surface area (Å²) < 4.78 is 27.2. The van der Waals surface area contributed by atoms with Crippen LogP contribution in [0.15, 0.2) is 93.1 Å². The minimum Gasteiger partial charge on any atom is -0.288 e. The Kier molecular flexibility index (Phi) is 5.95. The number of carbonyl (C=O) groups excluding carboxylic acids is 1. The number of rotatable bonds is 5. The molecule has 0 unspecified atom stereocenters. The van der Waals surface area contributed by atoms with Crippen molar-refractivity contribution < 1.29 is 13.2 Å². The number of carbonyl (C=O) groups is 1. The van der Waals surface area contributed by atoms with Gasteiger partial charge in [0.25, 0.3) is 0 Å². The Morgan fingerprint density at radius 1 is 0.852 bits per heavy atom. The summed E-state index contributed by atoms with van der Waals surface area (Å²) in [4.78, 5) is 12.7. The first kappa shape index (κ1) is 19.5. The average Bonchev–Trinajstić information content (AvgIpc) is 2.68. The predicted molar refractivity (Wildman–Crippen MR) is 112 cm³/mol. The molecule has 3 aromatic carbocycles. The lowest BCUT2D eigenvalue weighted by Crippen LogP contribution is -2.14. The summed E-state index contributed by atoms with van der Waals surface area (Å²) in [5.74, 6) is -0.562. The van der Waals surface area contributed by atoms with Gasteiger partial charge in [-0.1, -0.05) is 70.0 Å². The van der Waals surface area contributed by atoms with Gasteiger partial charge >= 0.3 is 0 Å². The quantitative estimate of drug-likeness (QED) is 0.356. The lowest BCUT2D eigenvalue weighted by molar-refractivity contribution is 0.104. The molecule has 0 radical (unpaired) electrons. The van der Waals surface area contributed by atoms with E-state index in [1.54, 1.807) is 54.6 Å². The van der Waals surface area contributed by atoms with Crippen molar-refractivity contribution in [3.05, 3.63) is 104 Å². The Bertz CT molecular complexity index is 1090. The molecule has 136 valence electrons. The van der Waals surface area contributed by atoms with Gasteiger partial charge in [-0.2, -0.15) is 0 Å². The van der Waals surface area contributed by atoms with E-state index in [4.69, 9.17) is 11.6 Å². The van der Waals surface area contributed by atoms with Crippen molar-refractivity contribution in [3.8, 4) is 0 Å². The van der Waals surface area contributed by atoms with Crippen LogP contribution in [-0.2, 0) is 9.84 Å². The van der Waals surface area contributed by atoms with Gasteiger partial charge in [0.1, 0.15) is 4.91 Å². The zero-order valence-electron chi connectivity index (χ0n) is 14.0. The molecule has 0 aliphatic rings. The van der Waals surface area contributed by atoms with Crippen LogP contribution in [0.3, 0.4) is 0 Å². The first-order chi connectivity index (χ1) is 12.9. The standard InChI is InChI=1S/C21H14BrClO3S/c22-17-8-6-15(7-9-17)14-20(21(24)16-4-2-1-3-5-16)27(25,26)19-12-10-18(23)11-13-19/h1-14H/b20-14-. The third kappa shape index (κ3) is 4.56. The third-order valence-electron chi connectivity index (χ3n) is 3.84. The Balaban J connectivity index is 2.16. The van der Waals surface area contributed by atoms with Gasteiger partial charge in [-0.25, -0.2) is 8.42 Å². The second-order valence-corrected chi connectivity index (χ2v) is 8.98. The maximum Gasteiger partial charge on any atom is 0.210 e. The molecule has 0 atom stereocenters. The number of hydrogen-bond donors (Lipinski definition) is 0. The molecular formula is C21H14BrClO3S. The molecule has 0 bridgehead atoms. The number of hydrogen-bond acceptors (Lipinski definition) is 3. The molecule has 3 aromatic rings. The molecule has 3 nitrogen and oxygen atoms in total. The van der Waals surface area contributed by atoms with Crippen molar-refractivity contribution in [2.75, 3.05) is 0 Å². The van der Waals surface area contributed by atoms with E-state index >= 15 is 0 Å². The minimum absolute atomic E-state index is 0.0135. The molecule has 0 amide bonds. The van der Waals surface area contributed by atoms with E-state index in [2.05, 4.69) is 15.9 Å². The van der Waals surface area contributed by atoms with Crippen LogP contribution in [0.25, 0.3) is 6.08 Å². The fourth-order valence-corrected chi connectivity index (χ4v) is 4.24. The summed E-state index contributed by atoms with van der Waals surface area (Å²) in [6.45, 7) is 0. The molecule has 3 rings (SSSR count). The fraction of sp³-hybridized carbons (Fsp3) is 0. The summed E-state index contributed by atoms with van der Waals surface area (Å²) in [5, 5.41) is 0.418. The highest BCUT2D eigenvalue weighted by molar-refractivity contribution is 9.10. The molecule has 27 heavy (non-hydrogen) atoms. The Morgan fingerprint density at radius 3 is 2.04 bits per heavy atom. The van der Waals surface area contributed by atoms with E-state index in [0.717, 1.165) is 4.47 Å². The van der Waals surface area contributed by atoms with Crippen LogP contribution in [0, 0.1) is 0 Å². The molecule has 0 aliphatic heterocycles. The number of halogens is 2. The van der Waals surface area contributed by atoms with Crippen LogP contribution in [0.5, 0.6) is 0 Å². The minimum atomic E-state index is -4.03. The maximum atomic E-state index is 13.2. The summed E-state index contributed by atoms with van der Waals surface area (Å²) in [5.41, 5.74) is 0.911. The van der Waals surface area contributed by atoms with E-state index in [-0.39, 0.29) is 9.80 Å². The first-order valence-corrected chi connectivity index (χ1v) is 10.6. The maximum absolute atomic E-state index is 13.2. The Hall–Kier alpha value is -2.21. The van der Waals surface area contributed by atoms with Crippen LogP contribution in [0.4, 0.5) is 0 Å². The SMILES string of the molecule is O=C(/C(=C/c1ccc(Br)cc1)S(=O)(=O)c1ccc(Cl)cc1)c1ccccc1. The van der Waals surface area contributed by atoms with Crippen LogP contribution in [-0.4, -0.2) is 14.2 Å². The normalized spacial score (nSPS) is 12.0. The van der Waals surface area contributed by atoms with Gasteiger partial charge in [-0.05, 0) is 48.0 Å². The highest BCUT2D eigenvalue weighted by Crippen LogP contribution is 2.26. The van der Waals surface area contributed by atoms with Crippen LogP contribution >= 0.6 is 27.5 Å². The van der Waals surface area contributed by atoms with E-state index in [1.165, 1.54) is 30.3 Å². The van der Waals surface area contributed by atoms with Crippen molar-refractivity contribution in [2.24, 2.45) is 0 Å². The van der Waals surface area contributed by atoms with E-state index < -0.39 is 15.6 Å². The summed E-state index contributed by atoms with van der Waals surface area (Å²) in [6.07, 6.45) is 1.39. The second kappa shape index (κ2) is 8.21. The largest absolute Gasteiger partial charge is 0.288 e. The van der Waals surface area contributed by atoms with Gasteiger partial charge in [-0.3, -0.25) is 4.79 Å². The van der Waals surface area contributed by atoms with Crippen LogP contribution in [0.1, 0.15) is 15.9 Å². The van der Waals surface area contributed by atoms with E-state index in [1.807, 2.05) is 0 Å². The molecule has 0 aromatic heterocycles. The lowest BCUT2D eigenvalue weighted by Gasteiger charge is -2.10. The lowest BCUT2D eigenvalue weighted by atomic mass is 10.1. The molecule has 0 saturated carbocycles. The topological polar surface area (TPSA) is 51.2 Å². The van der Waals surface area contributed by atoms with Crippen molar-refractivity contribution in [3.63, 3.8) is 0 Å². The molecular weight excluding hydrogens is 448 g/mol. The number of benzene rings is 3. The molecule has 0 aliphatic carbocycles. The predicted octanol–water partition coefficient (Wildman–Crippen LogP) is 5.80. The zero-order valence-corrected chi connectivity index (χ0v) is 17.1. The third-order valence-corrected chi connectivity index (χ3v) is 6.40. The second-order valence-electron chi connectivity index (χ2n) is 5.71. The Morgan fingerprint density at radius 2 is 1.44 bits per heavy atom. The Labute approximate surface area is 171 Å². The molecule has 0 fully saturated rings.